The predicted octanol–water partition coefficient (Wildman–Crippen LogP) is 4.23. The Morgan fingerprint density at radius 1 is 1.20 bits per heavy atom. The van der Waals surface area contributed by atoms with Crippen LogP contribution in [0.25, 0.3) is 0 Å². The van der Waals surface area contributed by atoms with Gasteiger partial charge in [0.15, 0.2) is 0 Å². The van der Waals surface area contributed by atoms with Crippen LogP contribution >= 0.6 is 0 Å². The highest BCUT2D eigenvalue weighted by Crippen LogP contribution is 2.38. The summed E-state index contributed by atoms with van der Waals surface area (Å²) < 4.78 is 5.16. The van der Waals surface area contributed by atoms with E-state index >= 15 is 0 Å². The molecule has 0 heterocycles. The SMILES string of the molecule is CCC(C)(C)C(C)c1ccc(OC)cc1. The van der Waals surface area contributed by atoms with Crippen LogP contribution in [0.4, 0.5) is 0 Å². The molecule has 1 nitrogen and oxygen atoms in total. The molecule has 0 saturated heterocycles. The van der Waals surface area contributed by atoms with Crippen molar-refractivity contribution in [2.75, 3.05) is 7.11 Å². The molecule has 1 aromatic carbocycles. The largest absolute Gasteiger partial charge is 0.497 e. The molecule has 0 aliphatic rings. The molecule has 0 spiro atoms. The Bertz CT molecular complexity index is 298. The average molecular weight is 206 g/mol. The normalized spacial score (nSPS) is 13.7. The molecule has 0 saturated carbocycles. The van der Waals surface area contributed by atoms with Crippen molar-refractivity contribution in [3.63, 3.8) is 0 Å². The van der Waals surface area contributed by atoms with Crippen LogP contribution in [0.15, 0.2) is 24.3 Å². The van der Waals surface area contributed by atoms with Gasteiger partial charge in [0.05, 0.1) is 7.11 Å². The predicted molar refractivity (Wildman–Crippen MR) is 65.5 cm³/mol. The van der Waals surface area contributed by atoms with E-state index in [0.29, 0.717) is 11.3 Å². The fourth-order valence-corrected chi connectivity index (χ4v) is 1.65. The van der Waals surface area contributed by atoms with Gasteiger partial charge in [-0.2, -0.15) is 0 Å². The first-order valence-corrected chi connectivity index (χ1v) is 5.65. The Labute approximate surface area is 93.5 Å². The lowest BCUT2D eigenvalue weighted by Gasteiger charge is -2.31. The highest BCUT2D eigenvalue weighted by Gasteiger charge is 2.24. The lowest BCUT2D eigenvalue weighted by Crippen LogP contribution is -2.18. The maximum absolute atomic E-state index is 5.16. The van der Waals surface area contributed by atoms with Gasteiger partial charge in [0.1, 0.15) is 5.75 Å². The van der Waals surface area contributed by atoms with Crippen molar-refractivity contribution >= 4 is 0 Å². The summed E-state index contributed by atoms with van der Waals surface area (Å²) in [6, 6.07) is 8.41. The van der Waals surface area contributed by atoms with Crippen molar-refractivity contribution in [3.8, 4) is 5.75 Å². The molecule has 1 rings (SSSR count). The topological polar surface area (TPSA) is 9.23 Å². The van der Waals surface area contributed by atoms with E-state index in [0.717, 1.165) is 5.75 Å². The van der Waals surface area contributed by atoms with Crippen LogP contribution in [0.3, 0.4) is 0 Å². The zero-order chi connectivity index (χ0) is 11.5. The first kappa shape index (κ1) is 12.1. The smallest absolute Gasteiger partial charge is 0.118 e. The first-order chi connectivity index (χ1) is 7.01. The van der Waals surface area contributed by atoms with Crippen molar-refractivity contribution in [1.82, 2.24) is 0 Å². The van der Waals surface area contributed by atoms with E-state index < -0.39 is 0 Å². The van der Waals surface area contributed by atoms with Gasteiger partial charge in [-0.25, -0.2) is 0 Å². The summed E-state index contributed by atoms with van der Waals surface area (Å²) in [7, 11) is 1.70. The summed E-state index contributed by atoms with van der Waals surface area (Å²) >= 11 is 0. The third kappa shape index (κ3) is 2.74. The molecule has 1 heteroatoms. The maximum Gasteiger partial charge on any atom is 0.118 e. The van der Waals surface area contributed by atoms with Crippen LogP contribution in [0, 0.1) is 5.41 Å². The zero-order valence-electron chi connectivity index (χ0n) is 10.5. The summed E-state index contributed by atoms with van der Waals surface area (Å²) in [5.41, 5.74) is 1.75. The zero-order valence-corrected chi connectivity index (χ0v) is 10.5. The molecule has 1 atom stereocenters. The minimum absolute atomic E-state index is 0.356. The average Bonchev–Trinajstić information content (AvgIpc) is 2.28. The fourth-order valence-electron chi connectivity index (χ4n) is 1.65. The van der Waals surface area contributed by atoms with E-state index in [1.165, 1.54) is 12.0 Å². The number of ether oxygens (including phenoxy) is 1. The summed E-state index contributed by atoms with van der Waals surface area (Å²) in [5, 5.41) is 0. The highest BCUT2D eigenvalue weighted by molar-refractivity contribution is 5.29. The summed E-state index contributed by atoms with van der Waals surface area (Å²) in [6.07, 6.45) is 1.19. The molecule has 1 unspecified atom stereocenters. The second-order valence-corrected chi connectivity index (χ2v) is 4.84. The third-order valence-electron chi connectivity index (χ3n) is 3.70. The van der Waals surface area contributed by atoms with Crippen LogP contribution in [0.2, 0.25) is 0 Å². The molecular formula is C14H22O. The van der Waals surface area contributed by atoms with Crippen LogP contribution < -0.4 is 4.74 Å². The van der Waals surface area contributed by atoms with E-state index in [1.54, 1.807) is 7.11 Å². The van der Waals surface area contributed by atoms with Crippen molar-refractivity contribution in [1.29, 1.82) is 0 Å². The van der Waals surface area contributed by atoms with E-state index in [-0.39, 0.29) is 0 Å². The van der Waals surface area contributed by atoms with Crippen LogP contribution in [-0.4, -0.2) is 7.11 Å². The maximum atomic E-state index is 5.16. The Kier molecular flexibility index (Phi) is 3.78. The molecule has 0 bridgehead atoms. The Morgan fingerprint density at radius 2 is 1.73 bits per heavy atom. The van der Waals surface area contributed by atoms with Crippen molar-refractivity contribution in [2.45, 2.75) is 40.0 Å². The summed E-state index contributed by atoms with van der Waals surface area (Å²) in [6.45, 7) is 9.19. The molecule has 0 radical (unpaired) electrons. The van der Waals surface area contributed by atoms with Gasteiger partial charge in [0.25, 0.3) is 0 Å². The molecule has 0 aliphatic heterocycles. The molecular weight excluding hydrogens is 184 g/mol. The molecule has 15 heavy (non-hydrogen) atoms. The van der Waals surface area contributed by atoms with E-state index in [4.69, 9.17) is 4.74 Å². The molecule has 0 fully saturated rings. The van der Waals surface area contributed by atoms with Gasteiger partial charge >= 0.3 is 0 Å². The number of benzene rings is 1. The molecule has 0 N–H and O–H groups in total. The van der Waals surface area contributed by atoms with E-state index in [1.807, 2.05) is 12.1 Å². The molecule has 84 valence electrons. The lowest BCUT2D eigenvalue weighted by atomic mass is 9.74. The molecule has 0 amide bonds. The second-order valence-electron chi connectivity index (χ2n) is 4.84. The molecule has 0 aliphatic carbocycles. The van der Waals surface area contributed by atoms with E-state index in [2.05, 4.69) is 39.8 Å². The van der Waals surface area contributed by atoms with Crippen LogP contribution in [-0.2, 0) is 0 Å². The highest BCUT2D eigenvalue weighted by atomic mass is 16.5. The summed E-state index contributed by atoms with van der Waals surface area (Å²) in [5.74, 6) is 1.51. The van der Waals surface area contributed by atoms with Gasteiger partial charge in [-0.1, -0.05) is 46.2 Å². The van der Waals surface area contributed by atoms with Gasteiger partial charge in [-0.05, 0) is 29.0 Å². The van der Waals surface area contributed by atoms with Crippen molar-refractivity contribution in [3.05, 3.63) is 29.8 Å². The third-order valence-corrected chi connectivity index (χ3v) is 3.70. The van der Waals surface area contributed by atoms with E-state index in [9.17, 15) is 0 Å². The minimum Gasteiger partial charge on any atom is -0.497 e. The van der Waals surface area contributed by atoms with Gasteiger partial charge in [-0.15, -0.1) is 0 Å². The van der Waals surface area contributed by atoms with Gasteiger partial charge in [0, 0.05) is 0 Å². The van der Waals surface area contributed by atoms with Crippen molar-refractivity contribution < 1.29 is 4.74 Å². The van der Waals surface area contributed by atoms with Gasteiger partial charge < -0.3 is 4.74 Å². The first-order valence-electron chi connectivity index (χ1n) is 5.65. The number of methoxy groups -OCH3 is 1. The van der Waals surface area contributed by atoms with Gasteiger partial charge in [0.2, 0.25) is 0 Å². The Balaban J connectivity index is 2.87. The Morgan fingerprint density at radius 3 is 2.13 bits per heavy atom. The fraction of sp³-hybridized carbons (Fsp3) is 0.571. The molecule has 1 aromatic rings. The second kappa shape index (κ2) is 4.69. The lowest BCUT2D eigenvalue weighted by molar-refractivity contribution is 0.289. The van der Waals surface area contributed by atoms with Gasteiger partial charge in [-0.3, -0.25) is 0 Å². The minimum atomic E-state index is 0.356. The van der Waals surface area contributed by atoms with Crippen molar-refractivity contribution in [2.24, 2.45) is 5.41 Å². The number of hydrogen-bond donors (Lipinski definition) is 0. The Hall–Kier alpha value is -0.980. The van der Waals surface area contributed by atoms with Crippen LogP contribution in [0.1, 0.15) is 45.6 Å². The number of rotatable bonds is 4. The molecule has 0 aromatic heterocycles. The summed E-state index contributed by atoms with van der Waals surface area (Å²) in [4.78, 5) is 0. The van der Waals surface area contributed by atoms with Crippen LogP contribution in [0.5, 0.6) is 5.75 Å². The quantitative estimate of drug-likeness (QED) is 0.716. The number of hydrogen-bond acceptors (Lipinski definition) is 1. The standard InChI is InChI=1S/C14H22O/c1-6-14(3,4)11(2)12-7-9-13(15-5)10-8-12/h7-11H,6H2,1-5H3. The monoisotopic (exact) mass is 206 g/mol.